The Labute approximate surface area is 128 Å². The van der Waals surface area contributed by atoms with Crippen LogP contribution in [0.1, 0.15) is 37.4 Å². The smallest absolute Gasteiger partial charge is 0.0329 e. The maximum absolute atomic E-state index is 3.47. The second-order valence-electron chi connectivity index (χ2n) is 6.42. The Morgan fingerprint density at radius 3 is 2.60 bits per heavy atom. The van der Waals surface area contributed by atoms with Crippen molar-refractivity contribution in [2.45, 2.75) is 38.0 Å². The molecule has 0 spiro atoms. The first-order chi connectivity index (χ1) is 9.50. The molecule has 112 valence electrons. The highest BCUT2D eigenvalue weighted by Crippen LogP contribution is 2.30. The molecule has 2 rings (SSSR count). The lowest BCUT2D eigenvalue weighted by molar-refractivity contribution is 0.247. The van der Waals surface area contributed by atoms with E-state index in [-0.39, 0.29) is 0 Å². The zero-order chi connectivity index (χ0) is 14.6. The second-order valence-corrected chi connectivity index (χ2v) is 8.23. The minimum Gasteiger partial charge on any atom is -0.313 e. The highest BCUT2D eigenvalue weighted by atomic mass is 32.2. The molecular weight excluding hydrogens is 264 g/mol. The van der Waals surface area contributed by atoms with E-state index in [1.165, 1.54) is 42.9 Å². The molecule has 0 amide bonds. The number of thioether (sulfide) groups is 1. The molecule has 20 heavy (non-hydrogen) atoms. The molecule has 1 aromatic carbocycles. The van der Waals surface area contributed by atoms with Gasteiger partial charge in [0.25, 0.3) is 0 Å². The van der Waals surface area contributed by atoms with Crippen LogP contribution in [0.3, 0.4) is 0 Å². The van der Waals surface area contributed by atoms with Crippen LogP contribution in [0.5, 0.6) is 0 Å². The van der Waals surface area contributed by atoms with Crippen molar-refractivity contribution >= 4 is 11.8 Å². The predicted molar refractivity (Wildman–Crippen MR) is 90.6 cm³/mol. The Kier molecular flexibility index (Phi) is 5.53. The van der Waals surface area contributed by atoms with Crippen molar-refractivity contribution in [3.8, 4) is 0 Å². The van der Waals surface area contributed by atoms with Gasteiger partial charge in [-0.3, -0.25) is 0 Å². The Balaban J connectivity index is 1.89. The third-order valence-corrected chi connectivity index (χ3v) is 5.36. The highest BCUT2D eigenvalue weighted by Gasteiger charge is 2.27. The molecule has 1 aliphatic heterocycles. The fourth-order valence-electron chi connectivity index (χ4n) is 2.89. The molecule has 1 fully saturated rings. The van der Waals surface area contributed by atoms with E-state index in [1.807, 2.05) is 0 Å². The molecule has 0 radical (unpaired) electrons. The summed E-state index contributed by atoms with van der Waals surface area (Å²) in [6, 6.07) is 9.40. The van der Waals surface area contributed by atoms with Gasteiger partial charge >= 0.3 is 0 Å². The second kappa shape index (κ2) is 6.97. The fourth-order valence-corrected chi connectivity index (χ4v) is 4.07. The van der Waals surface area contributed by atoms with E-state index in [1.54, 1.807) is 0 Å². The minimum absolute atomic E-state index is 0.414. The monoisotopic (exact) mass is 292 g/mol. The van der Waals surface area contributed by atoms with Crippen LogP contribution < -0.4 is 5.32 Å². The fraction of sp³-hybridized carbons (Fsp3) is 0.647. The Morgan fingerprint density at radius 1 is 1.30 bits per heavy atom. The molecule has 0 aromatic heterocycles. The summed E-state index contributed by atoms with van der Waals surface area (Å²) in [6.07, 6.45) is 1.18. The number of nitrogens with one attached hydrogen (secondary N) is 1. The van der Waals surface area contributed by atoms with E-state index in [2.05, 4.69) is 74.1 Å². The van der Waals surface area contributed by atoms with Gasteiger partial charge in [0.2, 0.25) is 0 Å². The number of hydrogen-bond donors (Lipinski definition) is 1. The van der Waals surface area contributed by atoms with Crippen molar-refractivity contribution in [1.82, 2.24) is 10.2 Å². The van der Waals surface area contributed by atoms with E-state index >= 15 is 0 Å². The Hall–Kier alpha value is -0.510. The van der Waals surface area contributed by atoms with E-state index in [0.29, 0.717) is 10.8 Å². The molecule has 0 aliphatic carbocycles. The molecular formula is C17H28N2S. The van der Waals surface area contributed by atoms with Crippen LogP contribution in [-0.2, 0) is 0 Å². The Bertz CT molecular complexity index is 414. The first-order valence-corrected chi connectivity index (χ1v) is 8.59. The number of aryl methyl sites for hydroxylation is 1. The average molecular weight is 292 g/mol. The molecule has 1 aliphatic rings. The Morgan fingerprint density at radius 2 is 2.00 bits per heavy atom. The van der Waals surface area contributed by atoms with E-state index < -0.39 is 0 Å². The van der Waals surface area contributed by atoms with Gasteiger partial charge < -0.3 is 10.2 Å². The average Bonchev–Trinajstić information content (AvgIpc) is 2.40. The molecule has 0 bridgehead atoms. The topological polar surface area (TPSA) is 15.3 Å². The standard InChI is InChI=1S/C17H28N2S/c1-14-5-7-15(8-6-14)16(18-4)9-10-19-11-12-20-17(2,3)13-19/h5-8,16,18H,9-13H2,1-4H3. The van der Waals surface area contributed by atoms with Crippen molar-refractivity contribution in [2.24, 2.45) is 0 Å². The van der Waals surface area contributed by atoms with Crippen molar-refractivity contribution < 1.29 is 0 Å². The van der Waals surface area contributed by atoms with Crippen LogP contribution in [0, 0.1) is 6.92 Å². The molecule has 0 saturated carbocycles. The molecule has 1 N–H and O–H groups in total. The summed E-state index contributed by atoms with van der Waals surface area (Å²) in [5, 5.41) is 3.47. The summed E-state index contributed by atoms with van der Waals surface area (Å²) >= 11 is 2.10. The normalized spacial score (nSPS) is 20.8. The molecule has 1 atom stereocenters. The number of hydrogen-bond acceptors (Lipinski definition) is 3. The first-order valence-electron chi connectivity index (χ1n) is 7.60. The van der Waals surface area contributed by atoms with E-state index in [4.69, 9.17) is 0 Å². The summed E-state index contributed by atoms with van der Waals surface area (Å²) in [5.74, 6) is 1.27. The molecule has 1 aromatic rings. The number of benzene rings is 1. The first kappa shape index (κ1) is 15.9. The van der Waals surface area contributed by atoms with Gasteiger partial charge in [-0.05, 0) is 39.8 Å². The minimum atomic E-state index is 0.414. The van der Waals surface area contributed by atoms with Crippen LogP contribution >= 0.6 is 11.8 Å². The quantitative estimate of drug-likeness (QED) is 0.894. The molecule has 3 heteroatoms. The van der Waals surface area contributed by atoms with Crippen molar-refractivity contribution in [3.05, 3.63) is 35.4 Å². The summed E-state index contributed by atoms with van der Waals surface area (Å²) in [7, 11) is 2.07. The largest absolute Gasteiger partial charge is 0.313 e. The molecule has 1 unspecified atom stereocenters. The van der Waals surface area contributed by atoms with Gasteiger partial charge in [-0.2, -0.15) is 11.8 Å². The third-order valence-electron chi connectivity index (χ3n) is 4.07. The summed E-state index contributed by atoms with van der Waals surface area (Å²) in [4.78, 5) is 2.62. The van der Waals surface area contributed by atoms with Gasteiger partial charge in [0.05, 0.1) is 0 Å². The van der Waals surface area contributed by atoms with Gasteiger partial charge in [-0.15, -0.1) is 0 Å². The van der Waals surface area contributed by atoms with Gasteiger partial charge in [-0.1, -0.05) is 29.8 Å². The van der Waals surface area contributed by atoms with Crippen LogP contribution in [-0.4, -0.2) is 42.1 Å². The molecule has 1 heterocycles. The van der Waals surface area contributed by atoms with Gasteiger partial charge in [-0.25, -0.2) is 0 Å². The SMILES string of the molecule is CNC(CCN1CCSC(C)(C)C1)c1ccc(C)cc1. The highest BCUT2D eigenvalue weighted by molar-refractivity contribution is 8.00. The van der Waals surface area contributed by atoms with E-state index in [9.17, 15) is 0 Å². The zero-order valence-electron chi connectivity index (χ0n) is 13.3. The van der Waals surface area contributed by atoms with Gasteiger partial charge in [0, 0.05) is 36.2 Å². The summed E-state index contributed by atoms with van der Waals surface area (Å²) in [6.45, 7) is 10.5. The lowest BCUT2D eigenvalue weighted by Gasteiger charge is -2.38. The molecule has 1 saturated heterocycles. The van der Waals surface area contributed by atoms with Crippen LogP contribution in [0.15, 0.2) is 24.3 Å². The van der Waals surface area contributed by atoms with Gasteiger partial charge in [0.1, 0.15) is 0 Å². The molecule has 2 nitrogen and oxygen atoms in total. The third kappa shape index (κ3) is 4.51. The lowest BCUT2D eigenvalue weighted by Crippen LogP contribution is -2.44. The van der Waals surface area contributed by atoms with Gasteiger partial charge in [0.15, 0.2) is 0 Å². The maximum atomic E-state index is 3.47. The summed E-state index contributed by atoms with van der Waals surface area (Å²) < 4.78 is 0.414. The van der Waals surface area contributed by atoms with Crippen LogP contribution in [0.2, 0.25) is 0 Å². The van der Waals surface area contributed by atoms with Crippen molar-refractivity contribution in [2.75, 3.05) is 32.4 Å². The van der Waals surface area contributed by atoms with Crippen molar-refractivity contribution in [1.29, 1.82) is 0 Å². The van der Waals surface area contributed by atoms with Crippen LogP contribution in [0.4, 0.5) is 0 Å². The van der Waals surface area contributed by atoms with Crippen molar-refractivity contribution in [3.63, 3.8) is 0 Å². The number of rotatable bonds is 5. The summed E-state index contributed by atoms with van der Waals surface area (Å²) in [5.41, 5.74) is 2.74. The predicted octanol–water partition coefficient (Wildman–Crippen LogP) is 3.47. The number of nitrogens with zero attached hydrogens (tertiary/aromatic N) is 1. The van der Waals surface area contributed by atoms with E-state index in [0.717, 1.165) is 0 Å². The van der Waals surface area contributed by atoms with Crippen LogP contribution in [0.25, 0.3) is 0 Å². The lowest BCUT2D eigenvalue weighted by atomic mass is 10.0. The maximum Gasteiger partial charge on any atom is 0.0329 e. The zero-order valence-corrected chi connectivity index (χ0v) is 14.1.